The minimum absolute atomic E-state index is 0.0134. The van der Waals surface area contributed by atoms with Gasteiger partial charge in [-0.3, -0.25) is 9.36 Å². The molecule has 0 aromatic rings. The van der Waals surface area contributed by atoms with Crippen LogP contribution in [0.25, 0.3) is 0 Å². The van der Waals surface area contributed by atoms with E-state index in [0.717, 1.165) is 89.9 Å². The topological polar surface area (TPSA) is 108 Å². The van der Waals surface area contributed by atoms with Crippen LogP contribution in [-0.4, -0.2) is 68.5 Å². The van der Waals surface area contributed by atoms with E-state index in [1.165, 1.54) is 64.2 Å². The minimum Gasteiger partial charge on any atom is -0.756 e. The van der Waals surface area contributed by atoms with E-state index in [-0.39, 0.29) is 12.5 Å². The van der Waals surface area contributed by atoms with Gasteiger partial charge in [0.05, 0.1) is 39.9 Å². The molecule has 0 heterocycles. The normalized spacial score (nSPS) is 15.1. The smallest absolute Gasteiger partial charge is 0.268 e. The number of unbranched alkanes of at least 4 members (excludes halogenated alkanes) is 15. The molecule has 0 aliphatic heterocycles. The largest absolute Gasteiger partial charge is 0.756 e. The van der Waals surface area contributed by atoms with Gasteiger partial charge in [0, 0.05) is 6.42 Å². The molecule has 0 fully saturated rings. The molecule has 0 saturated carbocycles. The number of hydrogen-bond acceptors (Lipinski definition) is 6. The summed E-state index contributed by atoms with van der Waals surface area (Å²) in [6.07, 6.45) is 60.3. The standard InChI is InChI=1S/C52H91N2O6P/c1-6-8-10-12-14-16-18-20-21-22-23-24-25-26-27-28-29-30-31-32-33-34-36-38-40-42-44-46-52(56)53-50(49-60-61(57,58)59-48-47-54(3,4)5)51(55)45-43-41-39-37-35-19-17-15-13-11-9-7-2/h8,10,14,16,20-21,23-24,26-27,29-30,35,37,43,45,50-51,55H,6-7,9,11-13,15,17-19,22,25,28,31-34,36,38-42,44,46-49H2,1-5H3,(H-,53,56,57,58)/b10-8-,16-14-,21-20-,24-23-,27-26-,30-29-,37-35+,45-43+. The van der Waals surface area contributed by atoms with Crippen LogP contribution in [0, 0.1) is 0 Å². The second kappa shape index (κ2) is 42.7. The molecular formula is C52H91N2O6P. The Kier molecular flexibility index (Phi) is 40.9. The SMILES string of the molecule is CC/C=C\C/C=C\C/C=C\C/C=C\C/C=C\C/C=C\CCCCCCCCCCC(=O)NC(COP(=O)([O-])OCC[N+](C)(C)C)C(O)/C=C/CC/C=C/CCCCCCCC. The Morgan fingerprint density at radius 3 is 1.52 bits per heavy atom. The number of aliphatic hydroxyl groups excluding tert-OH is 1. The summed E-state index contributed by atoms with van der Waals surface area (Å²) < 4.78 is 23.2. The lowest BCUT2D eigenvalue weighted by atomic mass is 10.1. The Morgan fingerprint density at radius 2 is 1.02 bits per heavy atom. The quantitative estimate of drug-likeness (QED) is 0.0274. The van der Waals surface area contributed by atoms with Gasteiger partial charge < -0.3 is 28.8 Å². The lowest BCUT2D eigenvalue weighted by Gasteiger charge is -2.29. The number of nitrogens with zero attached hydrogens (tertiary/aromatic N) is 1. The second-order valence-corrected chi connectivity index (χ2v) is 18.5. The van der Waals surface area contributed by atoms with Crippen molar-refractivity contribution in [3.63, 3.8) is 0 Å². The predicted octanol–water partition coefficient (Wildman–Crippen LogP) is 13.3. The zero-order valence-electron chi connectivity index (χ0n) is 39.6. The molecule has 0 rings (SSSR count). The number of aliphatic hydroxyl groups is 1. The number of carbonyl (C=O) groups excluding carboxylic acids is 1. The van der Waals surface area contributed by atoms with E-state index in [2.05, 4.69) is 104 Å². The molecule has 3 atom stereocenters. The number of hydrogen-bond donors (Lipinski definition) is 2. The molecule has 3 unspecified atom stereocenters. The highest BCUT2D eigenvalue weighted by atomic mass is 31.2. The van der Waals surface area contributed by atoms with Crippen LogP contribution in [0.1, 0.15) is 174 Å². The fourth-order valence-corrected chi connectivity index (χ4v) is 6.95. The fraction of sp³-hybridized carbons (Fsp3) is 0.673. The van der Waals surface area contributed by atoms with Gasteiger partial charge in [0.1, 0.15) is 13.2 Å². The minimum atomic E-state index is -4.60. The van der Waals surface area contributed by atoms with Crippen LogP contribution in [0.5, 0.6) is 0 Å². The first kappa shape index (κ1) is 58.4. The molecule has 1 amide bonds. The first-order valence-electron chi connectivity index (χ1n) is 24.1. The van der Waals surface area contributed by atoms with E-state index >= 15 is 0 Å². The van der Waals surface area contributed by atoms with Crippen LogP contribution in [0.2, 0.25) is 0 Å². The third-order valence-corrected chi connectivity index (χ3v) is 11.0. The molecule has 61 heavy (non-hydrogen) atoms. The Hall–Kier alpha value is -2.58. The third-order valence-electron chi connectivity index (χ3n) is 10.0. The number of carbonyl (C=O) groups is 1. The summed E-state index contributed by atoms with van der Waals surface area (Å²) in [7, 11) is 1.22. The van der Waals surface area contributed by atoms with Crippen LogP contribution in [0.15, 0.2) is 97.2 Å². The highest BCUT2D eigenvalue weighted by Crippen LogP contribution is 2.38. The maximum atomic E-state index is 12.9. The summed E-state index contributed by atoms with van der Waals surface area (Å²) in [5.41, 5.74) is 0. The summed E-state index contributed by atoms with van der Waals surface area (Å²) in [4.78, 5) is 25.3. The summed E-state index contributed by atoms with van der Waals surface area (Å²) in [6, 6.07) is -0.913. The molecule has 0 aromatic carbocycles. The number of rotatable bonds is 42. The first-order valence-corrected chi connectivity index (χ1v) is 25.6. The lowest BCUT2D eigenvalue weighted by Crippen LogP contribution is -2.45. The molecule has 8 nitrogen and oxygen atoms in total. The van der Waals surface area contributed by atoms with Crippen molar-refractivity contribution in [1.29, 1.82) is 0 Å². The van der Waals surface area contributed by atoms with Crippen LogP contribution >= 0.6 is 7.82 Å². The van der Waals surface area contributed by atoms with E-state index in [1.54, 1.807) is 6.08 Å². The summed E-state index contributed by atoms with van der Waals surface area (Å²) in [5.74, 6) is -0.222. The van der Waals surface area contributed by atoms with Crippen molar-refractivity contribution in [2.24, 2.45) is 0 Å². The van der Waals surface area contributed by atoms with Crippen molar-refractivity contribution in [1.82, 2.24) is 5.32 Å². The number of likely N-dealkylation sites (N-methyl/N-ethyl adjacent to an activating group) is 1. The zero-order chi connectivity index (χ0) is 45.0. The first-order chi connectivity index (χ1) is 29.5. The summed E-state index contributed by atoms with van der Waals surface area (Å²) in [6.45, 7) is 4.46. The average molecular weight is 871 g/mol. The monoisotopic (exact) mass is 871 g/mol. The third kappa shape index (κ3) is 45.3. The van der Waals surface area contributed by atoms with Crippen LogP contribution < -0.4 is 10.2 Å². The molecule has 0 aliphatic rings. The van der Waals surface area contributed by atoms with Gasteiger partial charge in [0.25, 0.3) is 7.82 Å². The maximum absolute atomic E-state index is 12.9. The summed E-state index contributed by atoms with van der Waals surface area (Å²) in [5, 5.41) is 13.7. The van der Waals surface area contributed by atoms with E-state index in [0.29, 0.717) is 17.4 Å². The second-order valence-electron chi connectivity index (χ2n) is 17.1. The number of nitrogens with one attached hydrogen (secondary N) is 1. The van der Waals surface area contributed by atoms with E-state index in [4.69, 9.17) is 9.05 Å². The van der Waals surface area contributed by atoms with Gasteiger partial charge in [-0.25, -0.2) is 0 Å². The van der Waals surface area contributed by atoms with Crippen molar-refractivity contribution in [3.8, 4) is 0 Å². The maximum Gasteiger partial charge on any atom is 0.268 e. The molecule has 0 spiro atoms. The molecule has 0 bridgehead atoms. The predicted molar refractivity (Wildman–Crippen MR) is 260 cm³/mol. The van der Waals surface area contributed by atoms with Gasteiger partial charge in [0.2, 0.25) is 5.91 Å². The fourth-order valence-electron chi connectivity index (χ4n) is 6.23. The highest BCUT2D eigenvalue weighted by molar-refractivity contribution is 7.45. The van der Waals surface area contributed by atoms with Gasteiger partial charge in [-0.05, 0) is 83.5 Å². The van der Waals surface area contributed by atoms with Gasteiger partial charge in [-0.1, -0.05) is 182 Å². The van der Waals surface area contributed by atoms with Crippen molar-refractivity contribution < 1.29 is 32.9 Å². The Bertz CT molecular complexity index is 1310. The Labute approximate surface area is 375 Å². The van der Waals surface area contributed by atoms with Crippen molar-refractivity contribution in [3.05, 3.63) is 97.2 Å². The van der Waals surface area contributed by atoms with Gasteiger partial charge >= 0.3 is 0 Å². The van der Waals surface area contributed by atoms with E-state index < -0.39 is 26.6 Å². The molecule has 0 aliphatic carbocycles. The number of quaternary nitrogens is 1. The van der Waals surface area contributed by atoms with Crippen LogP contribution in [0.4, 0.5) is 0 Å². The van der Waals surface area contributed by atoms with Gasteiger partial charge in [-0.2, -0.15) is 0 Å². The Morgan fingerprint density at radius 1 is 0.590 bits per heavy atom. The van der Waals surface area contributed by atoms with E-state index in [9.17, 15) is 19.4 Å². The number of amides is 1. The molecule has 9 heteroatoms. The van der Waals surface area contributed by atoms with Gasteiger partial charge in [-0.15, -0.1) is 0 Å². The molecule has 2 N–H and O–H groups in total. The molecular weight excluding hydrogens is 780 g/mol. The van der Waals surface area contributed by atoms with Crippen molar-refractivity contribution in [2.75, 3.05) is 40.9 Å². The van der Waals surface area contributed by atoms with Crippen LogP contribution in [-0.2, 0) is 18.4 Å². The highest BCUT2D eigenvalue weighted by Gasteiger charge is 2.23. The number of phosphoric acid groups is 1. The molecule has 0 saturated heterocycles. The average Bonchev–Trinajstić information content (AvgIpc) is 3.21. The molecule has 0 aromatic heterocycles. The number of phosphoric ester groups is 1. The summed E-state index contributed by atoms with van der Waals surface area (Å²) >= 11 is 0. The molecule has 350 valence electrons. The molecule has 0 radical (unpaired) electrons. The Balaban J connectivity index is 4.31. The number of allylic oxidation sites excluding steroid dienone is 15. The van der Waals surface area contributed by atoms with Gasteiger partial charge in [0.15, 0.2) is 0 Å². The van der Waals surface area contributed by atoms with Crippen molar-refractivity contribution in [2.45, 2.75) is 187 Å². The van der Waals surface area contributed by atoms with Crippen LogP contribution in [0.3, 0.4) is 0 Å². The van der Waals surface area contributed by atoms with E-state index in [1.807, 2.05) is 27.2 Å². The lowest BCUT2D eigenvalue weighted by molar-refractivity contribution is -0.870. The van der Waals surface area contributed by atoms with Crippen molar-refractivity contribution >= 4 is 13.7 Å². The zero-order valence-corrected chi connectivity index (χ0v) is 40.5.